The molecule has 2 atom stereocenters. The molecule has 1 aliphatic carbocycles. The number of aliphatic hydroxyl groups excluding tert-OH is 1. The number of rotatable bonds is 8. The molecule has 4 rings (SSSR count). The van der Waals surface area contributed by atoms with E-state index in [4.69, 9.17) is 0 Å². The van der Waals surface area contributed by atoms with E-state index in [2.05, 4.69) is 14.9 Å². The highest BCUT2D eigenvalue weighted by Crippen LogP contribution is 2.54. The maximum absolute atomic E-state index is 13.2. The van der Waals surface area contributed by atoms with E-state index in [1.54, 1.807) is 24.3 Å². The number of hydrogen-bond acceptors (Lipinski definition) is 6. The summed E-state index contributed by atoms with van der Waals surface area (Å²) in [5.41, 5.74) is 2.12. The largest absolute Gasteiger partial charge is 0.395 e. The summed E-state index contributed by atoms with van der Waals surface area (Å²) >= 11 is -2.17. The molecule has 0 aromatic heterocycles. The first-order valence-electron chi connectivity index (χ1n) is 11.2. The number of aliphatic hydroxyl groups is 1. The second-order valence-electron chi connectivity index (χ2n) is 9.09. The van der Waals surface area contributed by atoms with Crippen LogP contribution in [0.5, 0.6) is 0 Å². The van der Waals surface area contributed by atoms with Crippen molar-refractivity contribution in [2.45, 2.75) is 42.8 Å². The SMILES string of the molecule is CC(CO)S(=O)(=O)Nc1ccc(C(=O)Nc2cccc(S(=O)O)c2)c(N2CCC3(CC2)CC3)c1. The van der Waals surface area contributed by atoms with Crippen molar-refractivity contribution < 1.29 is 27.1 Å². The summed E-state index contributed by atoms with van der Waals surface area (Å²) in [6.45, 7) is 2.44. The van der Waals surface area contributed by atoms with Crippen molar-refractivity contribution in [3.05, 3.63) is 48.0 Å². The van der Waals surface area contributed by atoms with E-state index in [0.29, 0.717) is 28.0 Å². The molecule has 0 radical (unpaired) electrons. The average Bonchev–Trinajstić information content (AvgIpc) is 3.57. The predicted octanol–water partition coefficient (Wildman–Crippen LogP) is 3.02. The van der Waals surface area contributed by atoms with Crippen molar-refractivity contribution >= 4 is 44.1 Å². The number of piperidine rings is 1. The van der Waals surface area contributed by atoms with Crippen molar-refractivity contribution in [2.24, 2.45) is 5.41 Å². The van der Waals surface area contributed by atoms with Crippen molar-refractivity contribution in [2.75, 3.05) is 34.6 Å². The van der Waals surface area contributed by atoms with Gasteiger partial charge in [-0.3, -0.25) is 9.52 Å². The molecule has 2 aromatic rings. The summed E-state index contributed by atoms with van der Waals surface area (Å²) in [5, 5.41) is 11.1. The highest BCUT2D eigenvalue weighted by atomic mass is 32.2. The molecule has 2 aliphatic rings. The number of benzene rings is 2. The number of hydrogen-bond donors (Lipinski definition) is 4. The molecule has 184 valence electrons. The molecule has 0 bridgehead atoms. The number of nitrogens with zero attached hydrogens (tertiary/aromatic N) is 1. The molecule has 1 amide bonds. The first-order chi connectivity index (χ1) is 16.1. The van der Waals surface area contributed by atoms with E-state index in [-0.39, 0.29) is 4.90 Å². The Labute approximate surface area is 201 Å². The van der Waals surface area contributed by atoms with Gasteiger partial charge in [-0.15, -0.1) is 0 Å². The number of nitrogens with one attached hydrogen (secondary N) is 2. The van der Waals surface area contributed by atoms with E-state index in [1.807, 2.05) is 0 Å². The third kappa shape index (κ3) is 5.43. The van der Waals surface area contributed by atoms with Crippen molar-refractivity contribution in [3.8, 4) is 0 Å². The number of sulfonamides is 1. The van der Waals surface area contributed by atoms with Gasteiger partial charge in [0.05, 0.1) is 28.4 Å². The van der Waals surface area contributed by atoms with Crippen LogP contribution in [0, 0.1) is 5.41 Å². The zero-order valence-electron chi connectivity index (χ0n) is 18.9. The lowest BCUT2D eigenvalue weighted by Gasteiger charge is -2.35. The Morgan fingerprint density at radius 3 is 2.44 bits per heavy atom. The molecule has 11 heteroatoms. The van der Waals surface area contributed by atoms with Gasteiger partial charge in [0.15, 0.2) is 11.1 Å². The summed E-state index contributed by atoms with van der Waals surface area (Å²) < 4.78 is 48.1. The Morgan fingerprint density at radius 2 is 1.82 bits per heavy atom. The summed E-state index contributed by atoms with van der Waals surface area (Å²) in [6, 6.07) is 10.9. The fourth-order valence-electron chi connectivity index (χ4n) is 4.19. The molecule has 1 spiro atoms. The Balaban J connectivity index is 1.63. The topological polar surface area (TPSA) is 136 Å². The lowest BCUT2D eigenvalue weighted by atomic mass is 9.93. The van der Waals surface area contributed by atoms with Gasteiger partial charge >= 0.3 is 0 Å². The zero-order valence-corrected chi connectivity index (χ0v) is 20.5. The van der Waals surface area contributed by atoms with E-state index in [9.17, 15) is 27.1 Å². The van der Waals surface area contributed by atoms with Crippen molar-refractivity contribution in [1.82, 2.24) is 0 Å². The van der Waals surface area contributed by atoms with Crippen LogP contribution < -0.4 is 14.9 Å². The quantitative estimate of drug-likeness (QED) is 0.403. The van der Waals surface area contributed by atoms with Gasteiger partial charge in [-0.25, -0.2) is 12.6 Å². The standard InChI is InChI=1S/C23H29N3O6S2/c1-16(15-27)34(31,32)25-18-5-6-20(21(14-18)26-11-9-23(7-8-23)10-12-26)22(28)24-17-3-2-4-19(13-17)33(29)30/h2-6,13-14,16,25,27H,7-12,15H2,1H3,(H,24,28)(H,29,30). The van der Waals surface area contributed by atoms with Crippen LogP contribution in [0.2, 0.25) is 0 Å². The van der Waals surface area contributed by atoms with Crippen molar-refractivity contribution in [1.29, 1.82) is 0 Å². The summed E-state index contributed by atoms with van der Waals surface area (Å²) in [4.78, 5) is 15.5. The van der Waals surface area contributed by atoms with Crippen LogP contribution in [-0.4, -0.2) is 53.1 Å². The summed E-state index contributed by atoms with van der Waals surface area (Å²) in [7, 11) is -3.79. The maximum atomic E-state index is 13.2. The normalized spacial score (nSPS) is 18.9. The minimum atomic E-state index is -3.79. The van der Waals surface area contributed by atoms with Gasteiger partial charge in [0.1, 0.15) is 5.25 Å². The maximum Gasteiger partial charge on any atom is 0.257 e. The molecule has 2 unspecified atom stereocenters. The summed E-state index contributed by atoms with van der Waals surface area (Å²) in [6.07, 6.45) is 4.51. The molecular formula is C23H29N3O6S2. The van der Waals surface area contributed by atoms with Crippen LogP contribution in [0.1, 0.15) is 43.0 Å². The highest BCUT2D eigenvalue weighted by molar-refractivity contribution is 7.93. The minimum absolute atomic E-state index is 0.173. The third-order valence-electron chi connectivity index (χ3n) is 6.70. The molecule has 34 heavy (non-hydrogen) atoms. The monoisotopic (exact) mass is 507 g/mol. The number of anilines is 3. The van der Waals surface area contributed by atoms with Crippen LogP contribution >= 0.6 is 0 Å². The van der Waals surface area contributed by atoms with Gasteiger partial charge in [-0.2, -0.15) is 0 Å². The highest BCUT2D eigenvalue weighted by Gasteiger charge is 2.44. The molecule has 2 fully saturated rings. The van der Waals surface area contributed by atoms with Crippen LogP contribution in [0.4, 0.5) is 17.1 Å². The molecule has 1 aliphatic heterocycles. The van der Waals surface area contributed by atoms with Gasteiger partial charge in [0.25, 0.3) is 5.91 Å². The molecular weight excluding hydrogens is 478 g/mol. The van der Waals surface area contributed by atoms with Crippen LogP contribution in [0.15, 0.2) is 47.4 Å². The van der Waals surface area contributed by atoms with Gasteiger partial charge in [-0.05, 0) is 74.4 Å². The van der Waals surface area contributed by atoms with Crippen molar-refractivity contribution in [3.63, 3.8) is 0 Å². The molecule has 2 aromatic carbocycles. The van der Waals surface area contributed by atoms with Crippen LogP contribution in [0.3, 0.4) is 0 Å². The molecule has 4 N–H and O–H groups in total. The molecule has 9 nitrogen and oxygen atoms in total. The Kier molecular flexibility index (Phi) is 6.99. The van der Waals surface area contributed by atoms with Gasteiger partial charge in [0, 0.05) is 18.8 Å². The van der Waals surface area contributed by atoms with Gasteiger partial charge in [-0.1, -0.05) is 6.07 Å². The van der Waals surface area contributed by atoms with Gasteiger partial charge in [0.2, 0.25) is 10.0 Å². The second kappa shape index (κ2) is 9.65. The van der Waals surface area contributed by atoms with E-state index < -0.39 is 38.9 Å². The van der Waals surface area contributed by atoms with Crippen LogP contribution in [0.25, 0.3) is 0 Å². The van der Waals surface area contributed by atoms with E-state index in [1.165, 1.54) is 38.0 Å². The minimum Gasteiger partial charge on any atom is -0.395 e. The second-order valence-corrected chi connectivity index (χ2v) is 12.2. The zero-order chi connectivity index (χ0) is 24.5. The fourth-order valence-corrected chi connectivity index (χ4v) is 5.47. The fraction of sp³-hybridized carbons (Fsp3) is 0.435. The lowest BCUT2D eigenvalue weighted by molar-refractivity contribution is 0.102. The number of amides is 1. The molecule has 1 saturated heterocycles. The average molecular weight is 508 g/mol. The Hall–Kier alpha value is -2.47. The van der Waals surface area contributed by atoms with Crippen LogP contribution in [-0.2, 0) is 21.1 Å². The molecule has 1 heterocycles. The lowest BCUT2D eigenvalue weighted by Crippen LogP contribution is -2.36. The Morgan fingerprint density at radius 1 is 1.12 bits per heavy atom. The smallest absolute Gasteiger partial charge is 0.257 e. The van der Waals surface area contributed by atoms with Gasteiger partial charge < -0.3 is 19.9 Å². The third-order valence-corrected chi connectivity index (χ3v) is 9.09. The predicted molar refractivity (Wildman–Crippen MR) is 132 cm³/mol. The first-order valence-corrected chi connectivity index (χ1v) is 13.8. The van der Waals surface area contributed by atoms with E-state index in [0.717, 1.165) is 25.9 Å². The Bertz CT molecular complexity index is 1200. The van der Waals surface area contributed by atoms with E-state index >= 15 is 0 Å². The number of carbonyl (C=O) groups excluding carboxylic acids is 1. The number of carbonyl (C=O) groups is 1. The first kappa shape index (κ1) is 24.6. The molecule has 1 saturated carbocycles. The summed E-state index contributed by atoms with van der Waals surface area (Å²) in [5.74, 6) is -0.402.